The monoisotopic (exact) mass is 301 g/mol. The van der Waals surface area contributed by atoms with Crippen LogP contribution in [0, 0.1) is 0 Å². The third-order valence-corrected chi connectivity index (χ3v) is 3.41. The van der Waals surface area contributed by atoms with E-state index in [9.17, 15) is 0 Å². The Kier molecular flexibility index (Phi) is 2.92. The van der Waals surface area contributed by atoms with Crippen LogP contribution >= 0.6 is 15.9 Å². The Morgan fingerprint density at radius 1 is 1.22 bits per heavy atom. The summed E-state index contributed by atoms with van der Waals surface area (Å²) in [6.07, 6.45) is 3.86. The van der Waals surface area contributed by atoms with Crippen molar-refractivity contribution in [3.05, 3.63) is 63.8 Å². The van der Waals surface area contributed by atoms with Gasteiger partial charge in [-0.1, -0.05) is 30.3 Å². The lowest BCUT2D eigenvalue weighted by Gasteiger charge is -2.25. The number of halogens is 1. The first-order valence-electron chi connectivity index (χ1n) is 5.79. The third-order valence-electron chi connectivity index (χ3n) is 2.97. The SMILES string of the molecule is CC1=Cc2cc(Br)cnc2OC1c1ccccc1. The molecule has 0 N–H and O–H groups in total. The standard InChI is InChI=1S/C15H12BrNO/c1-10-7-12-8-13(16)9-17-15(12)18-14(10)11-5-3-2-4-6-11/h2-9,14H,1H3. The maximum atomic E-state index is 5.98. The van der Waals surface area contributed by atoms with Crippen LogP contribution in [0.4, 0.5) is 0 Å². The number of nitrogens with zero attached hydrogens (tertiary/aromatic N) is 1. The predicted molar refractivity (Wildman–Crippen MR) is 75.4 cm³/mol. The minimum absolute atomic E-state index is 0.0348. The average molecular weight is 302 g/mol. The Hall–Kier alpha value is -1.61. The molecule has 2 aromatic rings. The molecule has 0 bridgehead atoms. The molecule has 1 unspecified atom stereocenters. The van der Waals surface area contributed by atoms with E-state index in [1.54, 1.807) is 6.20 Å². The Morgan fingerprint density at radius 2 is 2.00 bits per heavy atom. The van der Waals surface area contributed by atoms with E-state index >= 15 is 0 Å². The molecule has 1 aromatic carbocycles. The van der Waals surface area contributed by atoms with Gasteiger partial charge in [-0.3, -0.25) is 0 Å². The van der Waals surface area contributed by atoms with Gasteiger partial charge in [0.05, 0.1) is 0 Å². The zero-order chi connectivity index (χ0) is 12.5. The van der Waals surface area contributed by atoms with Gasteiger partial charge in [-0.2, -0.15) is 0 Å². The van der Waals surface area contributed by atoms with Gasteiger partial charge in [-0.15, -0.1) is 0 Å². The van der Waals surface area contributed by atoms with E-state index in [2.05, 4.69) is 46.0 Å². The van der Waals surface area contributed by atoms with Gasteiger partial charge in [0, 0.05) is 16.2 Å². The number of rotatable bonds is 1. The van der Waals surface area contributed by atoms with Gasteiger partial charge in [-0.05, 0) is 46.1 Å². The summed E-state index contributed by atoms with van der Waals surface area (Å²) in [4.78, 5) is 4.32. The first-order valence-corrected chi connectivity index (χ1v) is 6.59. The fraction of sp³-hybridized carbons (Fsp3) is 0.133. The first kappa shape index (κ1) is 11.5. The molecule has 1 aliphatic heterocycles. The van der Waals surface area contributed by atoms with Gasteiger partial charge >= 0.3 is 0 Å². The summed E-state index contributed by atoms with van der Waals surface area (Å²) >= 11 is 3.42. The zero-order valence-electron chi connectivity index (χ0n) is 9.93. The van der Waals surface area contributed by atoms with Crippen LogP contribution in [-0.4, -0.2) is 4.98 Å². The minimum atomic E-state index is -0.0348. The van der Waals surface area contributed by atoms with Crippen molar-refractivity contribution in [2.75, 3.05) is 0 Å². The number of aromatic nitrogens is 1. The maximum absolute atomic E-state index is 5.98. The molecular formula is C15H12BrNO. The lowest BCUT2D eigenvalue weighted by molar-refractivity contribution is 0.228. The third kappa shape index (κ3) is 2.06. The fourth-order valence-corrected chi connectivity index (χ4v) is 2.48. The lowest BCUT2D eigenvalue weighted by atomic mass is 9.99. The summed E-state index contributed by atoms with van der Waals surface area (Å²) in [5, 5.41) is 0. The molecule has 3 rings (SSSR count). The topological polar surface area (TPSA) is 22.1 Å². The number of benzene rings is 1. The summed E-state index contributed by atoms with van der Waals surface area (Å²) in [7, 11) is 0. The molecule has 1 aromatic heterocycles. The highest BCUT2D eigenvalue weighted by atomic mass is 79.9. The summed E-state index contributed by atoms with van der Waals surface area (Å²) < 4.78 is 6.95. The molecule has 3 heteroatoms. The second-order valence-electron chi connectivity index (χ2n) is 4.34. The number of hydrogen-bond donors (Lipinski definition) is 0. The fourth-order valence-electron chi connectivity index (χ4n) is 2.13. The van der Waals surface area contributed by atoms with Crippen LogP contribution in [0.5, 0.6) is 5.88 Å². The van der Waals surface area contributed by atoms with Crippen molar-refractivity contribution in [3.8, 4) is 5.88 Å². The molecule has 2 nitrogen and oxygen atoms in total. The predicted octanol–water partition coefficient (Wildman–Crippen LogP) is 4.38. The normalized spacial score (nSPS) is 17.7. The highest BCUT2D eigenvalue weighted by Gasteiger charge is 2.22. The molecule has 0 saturated carbocycles. The molecule has 90 valence electrons. The van der Waals surface area contributed by atoms with Crippen molar-refractivity contribution in [1.29, 1.82) is 0 Å². The molecule has 0 radical (unpaired) electrons. The zero-order valence-corrected chi connectivity index (χ0v) is 11.5. The van der Waals surface area contributed by atoms with Gasteiger partial charge in [0.15, 0.2) is 0 Å². The smallest absolute Gasteiger partial charge is 0.221 e. The Balaban J connectivity index is 2.02. The molecule has 0 spiro atoms. The van der Waals surface area contributed by atoms with Gasteiger partial charge in [-0.25, -0.2) is 4.98 Å². The quantitative estimate of drug-likeness (QED) is 0.780. The number of fused-ring (bicyclic) bond motifs is 1. The second kappa shape index (κ2) is 4.58. The van der Waals surface area contributed by atoms with Crippen LogP contribution in [0.25, 0.3) is 6.08 Å². The lowest BCUT2D eigenvalue weighted by Crippen LogP contribution is -2.14. The van der Waals surface area contributed by atoms with Crippen LogP contribution in [-0.2, 0) is 0 Å². The summed E-state index contributed by atoms with van der Waals surface area (Å²) in [5.41, 5.74) is 3.37. The van der Waals surface area contributed by atoms with Crippen molar-refractivity contribution in [1.82, 2.24) is 4.98 Å². The molecule has 1 aliphatic rings. The van der Waals surface area contributed by atoms with Crippen LogP contribution in [0.3, 0.4) is 0 Å². The minimum Gasteiger partial charge on any atom is -0.464 e. The van der Waals surface area contributed by atoms with E-state index in [0.717, 1.165) is 15.6 Å². The van der Waals surface area contributed by atoms with Crippen molar-refractivity contribution in [2.45, 2.75) is 13.0 Å². The highest BCUT2D eigenvalue weighted by Crippen LogP contribution is 2.36. The Labute approximate surface area is 114 Å². The molecule has 1 atom stereocenters. The highest BCUT2D eigenvalue weighted by molar-refractivity contribution is 9.10. The van der Waals surface area contributed by atoms with E-state index in [1.807, 2.05) is 24.3 Å². The Morgan fingerprint density at radius 3 is 2.78 bits per heavy atom. The molecule has 2 heterocycles. The van der Waals surface area contributed by atoms with E-state index in [1.165, 1.54) is 5.57 Å². The van der Waals surface area contributed by atoms with E-state index in [4.69, 9.17) is 4.74 Å². The molecule has 18 heavy (non-hydrogen) atoms. The average Bonchev–Trinajstić information content (AvgIpc) is 2.39. The first-order chi connectivity index (χ1) is 8.74. The number of ether oxygens (including phenoxy) is 1. The summed E-state index contributed by atoms with van der Waals surface area (Å²) in [5.74, 6) is 0.692. The second-order valence-corrected chi connectivity index (χ2v) is 5.26. The molecular weight excluding hydrogens is 290 g/mol. The largest absolute Gasteiger partial charge is 0.464 e. The van der Waals surface area contributed by atoms with Crippen molar-refractivity contribution in [2.24, 2.45) is 0 Å². The molecule has 0 saturated heterocycles. The van der Waals surface area contributed by atoms with Crippen LogP contribution in [0.1, 0.15) is 24.2 Å². The molecule has 0 amide bonds. The van der Waals surface area contributed by atoms with Gasteiger partial charge in [0.1, 0.15) is 6.10 Å². The van der Waals surface area contributed by atoms with Crippen LogP contribution in [0.2, 0.25) is 0 Å². The van der Waals surface area contributed by atoms with Gasteiger partial charge in [0.25, 0.3) is 0 Å². The van der Waals surface area contributed by atoms with Crippen molar-refractivity contribution < 1.29 is 4.74 Å². The maximum Gasteiger partial charge on any atom is 0.221 e. The van der Waals surface area contributed by atoms with Crippen molar-refractivity contribution in [3.63, 3.8) is 0 Å². The van der Waals surface area contributed by atoms with Crippen LogP contribution < -0.4 is 4.74 Å². The summed E-state index contributed by atoms with van der Waals surface area (Å²) in [6, 6.07) is 12.2. The molecule has 0 aliphatic carbocycles. The van der Waals surface area contributed by atoms with Gasteiger partial charge in [0.2, 0.25) is 5.88 Å². The van der Waals surface area contributed by atoms with E-state index in [-0.39, 0.29) is 6.10 Å². The molecule has 0 fully saturated rings. The number of hydrogen-bond acceptors (Lipinski definition) is 2. The number of pyridine rings is 1. The van der Waals surface area contributed by atoms with E-state index in [0.29, 0.717) is 5.88 Å². The van der Waals surface area contributed by atoms with Crippen LogP contribution in [0.15, 0.2) is 52.6 Å². The van der Waals surface area contributed by atoms with E-state index < -0.39 is 0 Å². The van der Waals surface area contributed by atoms with Crippen molar-refractivity contribution >= 4 is 22.0 Å². The summed E-state index contributed by atoms with van der Waals surface area (Å²) in [6.45, 7) is 2.08. The van der Waals surface area contributed by atoms with Gasteiger partial charge < -0.3 is 4.74 Å². The Bertz CT molecular complexity index is 607.